The fourth-order valence-electron chi connectivity index (χ4n) is 1.83. The monoisotopic (exact) mass is 187 g/mol. The molecule has 1 fully saturated rings. The molecule has 1 aliphatic rings. The van der Waals surface area contributed by atoms with Crippen LogP contribution >= 0.6 is 0 Å². The number of aliphatic hydroxyl groups is 1. The summed E-state index contributed by atoms with van der Waals surface area (Å²) in [6.07, 6.45) is 0.225. The summed E-state index contributed by atoms with van der Waals surface area (Å²) in [6.45, 7) is 4.98. The van der Waals surface area contributed by atoms with Gasteiger partial charge >= 0.3 is 5.97 Å². The molecule has 0 aromatic heterocycles. The highest BCUT2D eigenvalue weighted by Crippen LogP contribution is 2.19. The van der Waals surface area contributed by atoms with Crippen LogP contribution in [-0.2, 0) is 4.79 Å². The summed E-state index contributed by atoms with van der Waals surface area (Å²) < 4.78 is 0. The van der Waals surface area contributed by atoms with E-state index in [0.717, 1.165) is 0 Å². The largest absolute Gasteiger partial charge is 0.480 e. The van der Waals surface area contributed by atoms with Crippen molar-refractivity contribution in [3.8, 4) is 0 Å². The van der Waals surface area contributed by atoms with E-state index in [0.29, 0.717) is 19.5 Å². The summed E-state index contributed by atoms with van der Waals surface area (Å²) >= 11 is 0. The van der Waals surface area contributed by atoms with Crippen LogP contribution in [0.2, 0.25) is 0 Å². The SMILES string of the molecule is CCC(C(=O)O)N1CC(C)C(O)C1. The molecule has 3 atom stereocenters. The molecule has 0 aromatic rings. The van der Waals surface area contributed by atoms with Crippen LogP contribution in [0.25, 0.3) is 0 Å². The zero-order valence-corrected chi connectivity index (χ0v) is 8.10. The minimum Gasteiger partial charge on any atom is -0.480 e. The van der Waals surface area contributed by atoms with Crippen LogP contribution in [-0.4, -0.2) is 46.3 Å². The van der Waals surface area contributed by atoms with Crippen LogP contribution in [0.3, 0.4) is 0 Å². The van der Waals surface area contributed by atoms with Gasteiger partial charge in [-0.3, -0.25) is 9.69 Å². The first-order valence-electron chi connectivity index (χ1n) is 4.71. The second-order valence-corrected chi connectivity index (χ2v) is 3.76. The smallest absolute Gasteiger partial charge is 0.320 e. The number of carboxylic acids is 1. The van der Waals surface area contributed by atoms with Gasteiger partial charge in [-0.1, -0.05) is 13.8 Å². The number of likely N-dealkylation sites (tertiary alicyclic amines) is 1. The Bertz CT molecular complexity index is 185. The van der Waals surface area contributed by atoms with Crippen molar-refractivity contribution in [2.24, 2.45) is 5.92 Å². The molecule has 0 aliphatic carbocycles. The number of carbonyl (C=O) groups is 1. The predicted octanol–water partition coefficient (Wildman–Crippen LogP) is 0.162. The Morgan fingerprint density at radius 1 is 1.62 bits per heavy atom. The third-order valence-electron chi connectivity index (χ3n) is 2.71. The second-order valence-electron chi connectivity index (χ2n) is 3.76. The summed E-state index contributed by atoms with van der Waals surface area (Å²) in [6, 6.07) is -0.431. The third-order valence-corrected chi connectivity index (χ3v) is 2.71. The fourth-order valence-corrected chi connectivity index (χ4v) is 1.83. The number of carboxylic acid groups (broad SMARTS) is 1. The molecule has 0 spiro atoms. The van der Waals surface area contributed by atoms with Gasteiger partial charge in [0, 0.05) is 13.1 Å². The zero-order chi connectivity index (χ0) is 10.0. The predicted molar refractivity (Wildman–Crippen MR) is 48.5 cm³/mol. The van der Waals surface area contributed by atoms with Gasteiger partial charge in [0.2, 0.25) is 0 Å². The van der Waals surface area contributed by atoms with Crippen molar-refractivity contribution >= 4 is 5.97 Å². The molecule has 1 rings (SSSR count). The Kier molecular flexibility index (Phi) is 3.27. The number of aliphatic hydroxyl groups excluding tert-OH is 1. The lowest BCUT2D eigenvalue weighted by molar-refractivity contribution is -0.143. The van der Waals surface area contributed by atoms with Crippen molar-refractivity contribution in [2.45, 2.75) is 32.4 Å². The summed E-state index contributed by atoms with van der Waals surface area (Å²) in [5.41, 5.74) is 0. The molecule has 4 heteroatoms. The molecule has 1 heterocycles. The van der Waals surface area contributed by atoms with E-state index in [2.05, 4.69) is 0 Å². The molecule has 1 saturated heterocycles. The van der Waals surface area contributed by atoms with Crippen LogP contribution in [0, 0.1) is 5.92 Å². The molecule has 0 radical (unpaired) electrons. The quantitative estimate of drug-likeness (QED) is 0.661. The Morgan fingerprint density at radius 2 is 2.23 bits per heavy atom. The van der Waals surface area contributed by atoms with Gasteiger partial charge in [-0.15, -0.1) is 0 Å². The standard InChI is InChI=1S/C9H17NO3/c1-3-7(9(12)13)10-4-6(2)8(11)5-10/h6-8,11H,3-5H2,1-2H3,(H,12,13). The van der Waals surface area contributed by atoms with Crippen molar-refractivity contribution in [3.05, 3.63) is 0 Å². The summed E-state index contributed by atoms with van der Waals surface area (Å²) in [4.78, 5) is 12.7. The number of hydrogen-bond donors (Lipinski definition) is 2. The second kappa shape index (κ2) is 4.07. The summed E-state index contributed by atoms with van der Waals surface area (Å²) in [7, 11) is 0. The Hall–Kier alpha value is -0.610. The molecular weight excluding hydrogens is 170 g/mol. The molecule has 2 N–H and O–H groups in total. The highest BCUT2D eigenvalue weighted by atomic mass is 16.4. The van der Waals surface area contributed by atoms with Gasteiger partial charge in [0.15, 0.2) is 0 Å². The number of rotatable bonds is 3. The van der Waals surface area contributed by atoms with Crippen molar-refractivity contribution in [1.29, 1.82) is 0 Å². The van der Waals surface area contributed by atoms with Crippen LogP contribution in [0.5, 0.6) is 0 Å². The molecule has 3 unspecified atom stereocenters. The Labute approximate surface area is 78.2 Å². The molecule has 76 valence electrons. The van der Waals surface area contributed by atoms with E-state index in [9.17, 15) is 9.90 Å². The van der Waals surface area contributed by atoms with E-state index >= 15 is 0 Å². The van der Waals surface area contributed by atoms with Gasteiger partial charge < -0.3 is 10.2 Å². The van der Waals surface area contributed by atoms with Crippen LogP contribution < -0.4 is 0 Å². The first kappa shape index (κ1) is 10.5. The summed E-state index contributed by atoms with van der Waals surface area (Å²) in [5.74, 6) is -0.600. The van der Waals surface area contributed by atoms with Crippen molar-refractivity contribution < 1.29 is 15.0 Å². The van der Waals surface area contributed by atoms with Gasteiger partial charge in [-0.2, -0.15) is 0 Å². The van der Waals surface area contributed by atoms with Crippen LogP contribution in [0.4, 0.5) is 0 Å². The van der Waals surface area contributed by atoms with Crippen LogP contribution in [0.1, 0.15) is 20.3 Å². The lowest BCUT2D eigenvalue weighted by atomic mass is 10.1. The number of β-amino-alcohol motifs (C(OH)–C–C–N with tert-alkyl or cyclic N) is 1. The first-order chi connectivity index (χ1) is 6.06. The van der Waals surface area contributed by atoms with Crippen molar-refractivity contribution in [2.75, 3.05) is 13.1 Å². The van der Waals surface area contributed by atoms with Gasteiger partial charge in [-0.05, 0) is 12.3 Å². The van der Waals surface area contributed by atoms with Gasteiger partial charge in [0.1, 0.15) is 6.04 Å². The van der Waals surface area contributed by atoms with Gasteiger partial charge in [0.25, 0.3) is 0 Å². The fraction of sp³-hybridized carbons (Fsp3) is 0.889. The highest BCUT2D eigenvalue weighted by molar-refractivity contribution is 5.73. The van der Waals surface area contributed by atoms with E-state index < -0.39 is 12.0 Å². The lowest BCUT2D eigenvalue weighted by Crippen LogP contribution is -2.39. The van der Waals surface area contributed by atoms with Crippen molar-refractivity contribution in [1.82, 2.24) is 4.90 Å². The normalized spacial score (nSPS) is 31.9. The minimum atomic E-state index is -0.788. The number of aliphatic carboxylic acids is 1. The average molecular weight is 187 g/mol. The zero-order valence-electron chi connectivity index (χ0n) is 8.10. The van der Waals surface area contributed by atoms with E-state index in [1.807, 2.05) is 18.7 Å². The van der Waals surface area contributed by atoms with Gasteiger partial charge in [0.05, 0.1) is 6.10 Å². The molecule has 0 bridgehead atoms. The summed E-state index contributed by atoms with van der Waals surface area (Å²) in [5, 5.41) is 18.3. The molecule has 1 aliphatic heterocycles. The number of hydrogen-bond acceptors (Lipinski definition) is 3. The Balaban J connectivity index is 2.57. The maximum Gasteiger partial charge on any atom is 0.320 e. The molecule has 0 amide bonds. The lowest BCUT2D eigenvalue weighted by Gasteiger charge is -2.22. The average Bonchev–Trinajstić information content (AvgIpc) is 2.32. The first-order valence-corrected chi connectivity index (χ1v) is 4.71. The topological polar surface area (TPSA) is 60.8 Å². The molecule has 4 nitrogen and oxygen atoms in total. The van der Waals surface area contributed by atoms with Gasteiger partial charge in [-0.25, -0.2) is 0 Å². The van der Waals surface area contributed by atoms with E-state index in [1.165, 1.54) is 0 Å². The van der Waals surface area contributed by atoms with E-state index in [-0.39, 0.29) is 12.0 Å². The maximum absolute atomic E-state index is 10.8. The van der Waals surface area contributed by atoms with E-state index in [1.54, 1.807) is 0 Å². The number of nitrogens with zero attached hydrogens (tertiary/aromatic N) is 1. The molecule has 13 heavy (non-hydrogen) atoms. The maximum atomic E-state index is 10.8. The molecular formula is C9H17NO3. The Morgan fingerprint density at radius 3 is 2.54 bits per heavy atom. The van der Waals surface area contributed by atoms with Crippen molar-refractivity contribution in [3.63, 3.8) is 0 Å². The van der Waals surface area contributed by atoms with Crippen LogP contribution in [0.15, 0.2) is 0 Å². The van der Waals surface area contributed by atoms with E-state index in [4.69, 9.17) is 5.11 Å². The minimum absolute atomic E-state index is 0.188. The molecule has 0 aromatic carbocycles. The molecule has 0 saturated carbocycles. The third kappa shape index (κ3) is 2.19. The highest BCUT2D eigenvalue weighted by Gasteiger charge is 2.34.